The topological polar surface area (TPSA) is 97.2 Å². The average Bonchev–Trinajstić information content (AvgIpc) is 3.44. The van der Waals surface area contributed by atoms with Gasteiger partial charge in [-0.1, -0.05) is 41.6 Å². The van der Waals surface area contributed by atoms with Gasteiger partial charge in [0.25, 0.3) is 11.8 Å². The van der Waals surface area contributed by atoms with Crippen LogP contribution in [0.4, 0.5) is 11.4 Å². The van der Waals surface area contributed by atoms with E-state index >= 15 is 0 Å². The van der Waals surface area contributed by atoms with Gasteiger partial charge in [-0.3, -0.25) is 14.4 Å². The Balaban J connectivity index is 1.30. The summed E-state index contributed by atoms with van der Waals surface area (Å²) in [5.74, 6) is -0.0640. The van der Waals surface area contributed by atoms with Gasteiger partial charge in [0.05, 0.1) is 22.6 Å². The number of carbonyl (C=O) groups is 3. The van der Waals surface area contributed by atoms with E-state index in [-0.39, 0.29) is 23.5 Å². The van der Waals surface area contributed by atoms with Gasteiger partial charge in [-0.25, -0.2) is 4.90 Å². The molecular formula is C27H22ClN5O3S. The summed E-state index contributed by atoms with van der Waals surface area (Å²) in [7, 11) is 0. The number of hydrogen-bond acceptors (Lipinski definition) is 6. The Kier molecular flexibility index (Phi) is 6.82. The summed E-state index contributed by atoms with van der Waals surface area (Å²) in [6, 6.07) is 19.2. The maximum absolute atomic E-state index is 12.8. The van der Waals surface area contributed by atoms with Crippen molar-refractivity contribution >= 4 is 52.5 Å². The quantitative estimate of drug-likeness (QED) is 0.251. The van der Waals surface area contributed by atoms with Crippen molar-refractivity contribution in [3.63, 3.8) is 0 Å². The first-order chi connectivity index (χ1) is 17.9. The Labute approximate surface area is 222 Å². The third-order valence-electron chi connectivity index (χ3n) is 6.08. The Bertz CT molecular complexity index is 1500. The van der Waals surface area contributed by atoms with Crippen LogP contribution in [0.2, 0.25) is 5.02 Å². The van der Waals surface area contributed by atoms with Crippen molar-refractivity contribution in [1.29, 1.82) is 0 Å². The summed E-state index contributed by atoms with van der Waals surface area (Å²) in [5.41, 5.74) is 3.55. The monoisotopic (exact) mass is 531 g/mol. The molecular weight excluding hydrogens is 510 g/mol. The van der Waals surface area contributed by atoms with Gasteiger partial charge in [-0.15, -0.1) is 10.2 Å². The van der Waals surface area contributed by atoms with Gasteiger partial charge >= 0.3 is 0 Å². The molecule has 0 spiro atoms. The molecule has 2 heterocycles. The van der Waals surface area contributed by atoms with Crippen LogP contribution in [0.15, 0.2) is 71.9 Å². The van der Waals surface area contributed by atoms with Gasteiger partial charge in [0.15, 0.2) is 11.0 Å². The van der Waals surface area contributed by atoms with Crippen LogP contribution in [0, 0.1) is 6.92 Å². The molecule has 1 aromatic heterocycles. The van der Waals surface area contributed by atoms with Crippen molar-refractivity contribution in [3.8, 4) is 11.4 Å². The Morgan fingerprint density at radius 1 is 0.946 bits per heavy atom. The number of anilines is 2. The van der Waals surface area contributed by atoms with E-state index < -0.39 is 0 Å². The lowest BCUT2D eigenvalue weighted by Gasteiger charge is -2.14. The molecule has 0 fully saturated rings. The third-order valence-corrected chi connectivity index (χ3v) is 7.46. The number of hydrogen-bond donors (Lipinski definition) is 1. The highest BCUT2D eigenvalue weighted by atomic mass is 35.5. The van der Waals surface area contributed by atoms with Crippen LogP contribution in [-0.2, 0) is 11.3 Å². The Morgan fingerprint density at radius 2 is 1.62 bits per heavy atom. The zero-order valence-electron chi connectivity index (χ0n) is 20.1. The van der Waals surface area contributed by atoms with Crippen molar-refractivity contribution in [2.75, 3.05) is 16.0 Å². The van der Waals surface area contributed by atoms with Crippen LogP contribution in [0.1, 0.15) is 33.2 Å². The summed E-state index contributed by atoms with van der Waals surface area (Å²) in [4.78, 5) is 39.3. The lowest BCUT2D eigenvalue weighted by molar-refractivity contribution is -0.113. The predicted octanol–water partition coefficient (Wildman–Crippen LogP) is 5.46. The van der Waals surface area contributed by atoms with Crippen LogP contribution in [-0.4, -0.2) is 38.2 Å². The SMILES string of the molecule is CCn1c(SCC(=O)Nc2cccc(Cl)c2C)nnc1-c1ccc(N2C(=O)c3ccccc3C2=O)cc1. The van der Waals surface area contributed by atoms with E-state index in [4.69, 9.17) is 11.6 Å². The molecule has 0 unspecified atom stereocenters. The molecule has 0 atom stereocenters. The zero-order chi connectivity index (χ0) is 26.1. The third kappa shape index (κ3) is 4.63. The van der Waals surface area contributed by atoms with Gasteiger partial charge in [-0.2, -0.15) is 0 Å². The lowest BCUT2D eigenvalue weighted by atomic mass is 10.1. The summed E-state index contributed by atoms with van der Waals surface area (Å²) >= 11 is 7.43. The van der Waals surface area contributed by atoms with Crippen molar-refractivity contribution in [2.45, 2.75) is 25.5 Å². The molecule has 0 aliphatic carbocycles. The van der Waals surface area contributed by atoms with Gasteiger partial charge in [0.1, 0.15) is 0 Å². The second-order valence-electron chi connectivity index (χ2n) is 8.34. The standard InChI is InChI=1S/C27H22ClN5O3S/c1-3-32-24(30-31-27(32)37-15-23(34)29-22-10-6-9-21(28)16(22)2)17-11-13-18(14-12-17)33-25(35)19-7-4-5-8-20(19)26(33)36/h4-14H,3,15H2,1-2H3,(H,29,34). The van der Waals surface area contributed by atoms with Crippen LogP contribution in [0.3, 0.4) is 0 Å². The fourth-order valence-electron chi connectivity index (χ4n) is 4.14. The number of benzene rings is 3. The fourth-order valence-corrected chi connectivity index (χ4v) is 5.11. The summed E-state index contributed by atoms with van der Waals surface area (Å²) in [6.45, 7) is 4.42. The van der Waals surface area contributed by atoms with E-state index in [0.717, 1.165) is 11.1 Å². The second-order valence-corrected chi connectivity index (χ2v) is 9.69. The highest BCUT2D eigenvalue weighted by Crippen LogP contribution is 2.31. The summed E-state index contributed by atoms with van der Waals surface area (Å²) in [6.07, 6.45) is 0. The normalized spacial score (nSPS) is 12.7. The molecule has 1 aliphatic heterocycles. The molecule has 0 bridgehead atoms. The van der Waals surface area contributed by atoms with E-state index in [9.17, 15) is 14.4 Å². The van der Waals surface area contributed by atoms with E-state index in [0.29, 0.717) is 45.0 Å². The number of nitrogens with one attached hydrogen (secondary N) is 1. The Morgan fingerprint density at radius 3 is 2.27 bits per heavy atom. The lowest BCUT2D eigenvalue weighted by Crippen LogP contribution is -2.29. The first-order valence-corrected chi connectivity index (χ1v) is 12.9. The molecule has 1 N–H and O–H groups in total. The smallest absolute Gasteiger partial charge is 0.266 e. The highest BCUT2D eigenvalue weighted by Gasteiger charge is 2.36. The maximum atomic E-state index is 12.8. The number of carbonyl (C=O) groups excluding carboxylic acids is 3. The van der Waals surface area contributed by atoms with Crippen molar-refractivity contribution in [2.24, 2.45) is 0 Å². The number of rotatable bonds is 7. The number of nitrogens with zero attached hydrogens (tertiary/aromatic N) is 4. The fraction of sp³-hybridized carbons (Fsp3) is 0.148. The molecule has 0 saturated carbocycles. The largest absolute Gasteiger partial charge is 0.325 e. The minimum atomic E-state index is -0.338. The van der Waals surface area contributed by atoms with Crippen molar-refractivity contribution in [3.05, 3.63) is 88.4 Å². The van der Waals surface area contributed by atoms with Gasteiger partial charge < -0.3 is 9.88 Å². The molecule has 3 amide bonds. The molecule has 186 valence electrons. The zero-order valence-corrected chi connectivity index (χ0v) is 21.6. The first kappa shape index (κ1) is 24.7. The molecule has 5 rings (SSSR count). The molecule has 8 nitrogen and oxygen atoms in total. The summed E-state index contributed by atoms with van der Waals surface area (Å²) in [5, 5.41) is 12.7. The minimum absolute atomic E-state index is 0.156. The number of imide groups is 1. The molecule has 0 radical (unpaired) electrons. The van der Waals surface area contributed by atoms with Gasteiger partial charge in [0, 0.05) is 22.8 Å². The number of fused-ring (bicyclic) bond motifs is 1. The van der Waals surface area contributed by atoms with Crippen LogP contribution in [0.5, 0.6) is 0 Å². The maximum Gasteiger partial charge on any atom is 0.266 e. The molecule has 0 saturated heterocycles. The number of amides is 3. The second kappa shape index (κ2) is 10.2. The molecule has 4 aromatic rings. The number of aromatic nitrogens is 3. The highest BCUT2D eigenvalue weighted by molar-refractivity contribution is 7.99. The van der Waals surface area contributed by atoms with Crippen LogP contribution in [0.25, 0.3) is 11.4 Å². The van der Waals surface area contributed by atoms with E-state index in [1.165, 1.54) is 16.7 Å². The van der Waals surface area contributed by atoms with Crippen LogP contribution >= 0.6 is 23.4 Å². The minimum Gasteiger partial charge on any atom is -0.325 e. The molecule has 3 aromatic carbocycles. The summed E-state index contributed by atoms with van der Waals surface area (Å²) < 4.78 is 1.92. The van der Waals surface area contributed by atoms with Crippen LogP contribution < -0.4 is 10.2 Å². The average molecular weight is 532 g/mol. The van der Waals surface area contributed by atoms with Gasteiger partial charge in [0.2, 0.25) is 5.91 Å². The van der Waals surface area contributed by atoms with Gasteiger partial charge in [-0.05, 0) is 67.9 Å². The molecule has 10 heteroatoms. The molecule has 1 aliphatic rings. The number of thioether (sulfide) groups is 1. The van der Waals surface area contributed by atoms with E-state index in [1.54, 1.807) is 60.7 Å². The predicted molar refractivity (Wildman–Crippen MR) is 144 cm³/mol. The van der Waals surface area contributed by atoms with Crippen molar-refractivity contribution < 1.29 is 14.4 Å². The van der Waals surface area contributed by atoms with Crippen molar-refractivity contribution in [1.82, 2.24) is 14.8 Å². The number of halogens is 1. The van der Waals surface area contributed by atoms with E-state index in [1.807, 2.05) is 24.5 Å². The Hall–Kier alpha value is -3.95. The van der Waals surface area contributed by atoms with E-state index in [2.05, 4.69) is 15.5 Å². The first-order valence-electron chi connectivity index (χ1n) is 11.6. The molecule has 37 heavy (non-hydrogen) atoms.